The molecule has 6 nitrogen and oxygen atoms in total. The number of imidazole rings is 1. The van der Waals surface area contributed by atoms with E-state index in [4.69, 9.17) is 0 Å². The predicted molar refractivity (Wildman–Crippen MR) is 108 cm³/mol. The molecule has 3 heterocycles. The Morgan fingerprint density at radius 1 is 1.11 bits per heavy atom. The van der Waals surface area contributed by atoms with Gasteiger partial charge in [-0.1, -0.05) is 36.4 Å². The van der Waals surface area contributed by atoms with Gasteiger partial charge in [0.2, 0.25) is 0 Å². The molecule has 27 heavy (non-hydrogen) atoms. The maximum Gasteiger partial charge on any atom is 0.278 e. The van der Waals surface area contributed by atoms with E-state index in [1.165, 1.54) is 11.3 Å². The summed E-state index contributed by atoms with van der Waals surface area (Å²) in [6, 6.07) is 15.6. The molecule has 0 aliphatic heterocycles. The molecule has 4 aromatic rings. The maximum absolute atomic E-state index is 12.9. The molecule has 1 amide bonds. The van der Waals surface area contributed by atoms with Crippen molar-refractivity contribution < 1.29 is 4.79 Å². The van der Waals surface area contributed by atoms with Crippen LogP contribution in [-0.4, -0.2) is 39.3 Å². The van der Waals surface area contributed by atoms with E-state index in [0.29, 0.717) is 17.4 Å². The number of benzene rings is 1. The van der Waals surface area contributed by atoms with Gasteiger partial charge in [0.1, 0.15) is 5.65 Å². The van der Waals surface area contributed by atoms with Crippen LogP contribution in [0.3, 0.4) is 0 Å². The number of rotatable bonds is 5. The standard InChI is InChI=1S/C20H19N5OS/c1-24(2)12-16-18(22-17-10-6-7-11-25(16)17)19(26)23-20-21-15(13-27-20)14-8-4-3-5-9-14/h3-11,13H,12H2,1-2H3,(H,21,23,26). The molecule has 3 aromatic heterocycles. The van der Waals surface area contributed by atoms with Gasteiger partial charge in [0.15, 0.2) is 10.8 Å². The van der Waals surface area contributed by atoms with Crippen molar-refractivity contribution in [2.75, 3.05) is 19.4 Å². The van der Waals surface area contributed by atoms with E-state index in [9.17, 15) is 4.79 Å². The van der Waals surface area contributed by atoms with Crippen molar-refractivity contribution >= 4 is 28.0 Å². The van der Waals surface area contributed by atoms with E-state index in [1.54, 1.807) is 0 Å². The molecule has 0 radical (unpaired) electrons. The average molecular weight is 377 g/mol. The third-order valence-electron chi connectivity index (χ3n) is 4.10. The van der Waals surface area contributed by atoms with Crippen LogP contribution in [0.5, 0.6) is 0 Å². The van der Waals surface area contributed by atoms with E-state index in [-0.39, 0.29) is 5.91 Å². The molecule has 1 aromatic carbocycles. The van der Waals surface area contributed by atoms with Crippen LogP contribution in [0.4, 0.5) is 5.13 Å². The van der Waals surface area contributed by atoms with Gasteiger partial charge in [-0.25, -0.2) is 9.97 Å². The topological polar surface area (TPSA) is 62.5 Å². The van der Waals surface area contributed by atoms with Crippen molar-refractivity contribution in [1.29, 1.82) is 0 Å². The first-order valence-corrected chi connectivity index (χ1v) is 9.43. The fourth-order valence-electron chi connectivity index (χ4n) is 2.91. The second-order valence-electron chi connectivity index (χ2n) is 6.43. The molecule has 4 rings (SSSR count). The molecule has 0 aliphatic carbocycles. The van der Waals surface area contributed by atoms with Gasteiger partial charge in [-0.05, 0) is 26.2 Å². The molecule has 0 saturated heterocycles. The first kappa shape index (κ1) is 17.4. The molecule has 0 saturated carbocycles. The zero-order valence-electron chi connectivity index (χ0n) is 15.1. The third kappa shape index (κ3) is 3.60. The van der Waals surface area contributed by atoms with Gasteiger partial charge in [-0.15, -0.1) is 11.3 Å². The van der Waals surface area contributed by atoms with Crippen LogP contribution in [0.15, 0.2) is 60.1 Å². The van der Waals surface area contributed by atoms with Gasteiger partial charge < -0.3 is 9.30 Å². The normalized spacial score (nSPS) is 11.2. The molecular formula is C20H19N5OS. The van der Waals surface area contributed by atoms with E-state index < -0.39 is 0 Å². The number of amides is 1. The Hall–Kier alpha value is -3.03. The van der Waals surface area contributed by atoms with E-state index in [2.05, 4.69) is 15.3 Å². The largest absolute Gasteiger partial charge is 0.304 e. The molecule has 0 bridgehead atoms. The summed E-state index contributed by atoms with van der Waals surface area (Å²) in [4.78, 5) is 24.0. The lowest BCUT2D eigenvalue weighted by Crippen LogP contribution is -2.19. The third-order valence-corrected chi connectivity index (χ3v) is 4.86. The minimum absolute atomic E-state index is 0.246. The minimum atomic E-state index is -0.246. The van der Waals surface area contributed by atoms with Crippen LogP contribution < -0.4 is 5.32 Å². The first-order chi connectivity index (χ1) is 13.1. The highest BCUT2D eigenvalue weighted by molar-refractivity contribution is 7.14. The average Bonchev–Trinajstić information content (AvgIpc) is 3.27. The minimum Gasteiger partial charge on any atom is -0.304 e. The van der Waals surface area contributed by atoms with Crippen molar-refractivity contribution in [3.63, 3.8) is 0 Å². The number of carbonyl (C=O) groups excluding carboxylic acids is 1. The second-order valence-corrected chi connectivity index (χ2v) is 7.29. The van der Waals surface area contributed by atoms with Gasteiger partial charge in [0.25, 0.3) is 5.91 Å². The zero-order chi connectivity index (χ0) is 18.8. The highest BCUT2D eigenvalue weighted by atomic mass is 32.1. The van der Waals surface area contributed by atoms with Gasteiger partial charge in [0, 0.05) is 23.7 Å². The fraction of sp³-hybridized carbons (Fsp3) is 0.150. The number of aromatic nitrogens is 3. The number of hydrogen-bond donors (Lipinski definition) is 1. The lowest BCUT2D eigenvalue weighted by Gasteiger charge is -2.10. The molecule has 0 spiro atoms. The Labute approximate surface area is 161 Å². The highest BCUT2D eigenvalue weighted by Crippen LogP contribution is 2.25. The van der Waals surface area contributed by atoms with Crippen molar-refractivity contribution in [2.45, 2.75) is 6.54 Å². The Morgan fingerprint density at radius 2 is 1.89 bits per heavy atom. The Balaban J connectivity index is 1.63. The first-order valence-electron chi connectivity index (χ1n) is 8.55. The number of nitrogens with one attached hydrogen (secondary N) is 1. The number of pyridine rings is 1. The summed E-state index contributed by atoms with van der Waals surface area (Å²) < 4.78 is 1.95. The summed E-state index contributed by atoms with van der Waals surface area (Å²) in [7, 11) is 3.94. The maximum atomic E-state index is 12.9. The smallest absolute Gasteiger partial charge is 0.278 e. The summed E-state index contributed by atoms with van der Waals surface area (Å²) in [5.74, 6) is -0.246. The highest BCUT2D eigenvalue weighted by Gasteiger charge is 2.20. The van der Waals surface area contributed by atoms with E-state index in [0.717, 1.165) is 22.6 Å². The predicted octanol–water partition coefficient (Wildman–Crippen LogP) is 3.77. The molecule has 0 atom stereocenters. The van der Waals surface area contributed by atoms with Crippen molar-refractivity contribution in [2.24, 2.45) is 0 Å². The Bertz CT molecular complexity index is 1080. The number of thiazole rings is 1. The van der Waals surface area contributed by atoms with Gasteiger partial charge >= 0.3 is 0 Å². The zero-order valence-corrected chi connectivity index (χ0v) is 15.9. The van der Waals surface area contributed by atoms with Crippen LogP contribution in [0.1, 0.15) is 16.2 Å². The van der Waals surface area contributed by atoms with E-state index >= 15 is 0 Å². The van der Waals surface area contributed by atoms with Gasteiger partial charge in [0.05, 0.1) is 11.4 Å². The van der Waals surface area contributed by atoms with Gasteiger partial charge in [-0.3, -0.25) is 10.1 Å². The Kier molecular flexibility index (Phi) is 4.70. The monoisotopic (exact) mass is 377 g/mol. The molecular weight excluding hydrogens is 358 g/mol. The summed E-state index contributed by atoms with van der Waals surface area (Å²) in [6.45, 7) is 0.612. The SMILES string of the molecule is CN(C)Cc1c(C(=O)Nc2nc(-c3ccccc3)cs2)nc2ccccn12. The lowest BCUT2D eigenvalue weighted by molar-refractivity contribution is 0.102. The summed E-state index contributed by atoms with van der Waals surface area (Å²) >= 11 is 1.41. The van der Waals surface area contributed by atoms with Gasteiger partial charge in [-0.2, -0.15) is 0 Å². The molecule has 0 aliphatic rings. The number of fused-ring (bicyclic) bond motifs is 1. The van der Waals surface area contributed by atoms with Crippen LogP contribution in [0, 0.1) is 0 Å². The molecule has 136 valence electrons. The number of hydrogen-bond acceptors (Lipinski definition) is 5. The van der Waals surface area contributed by atoms with Crippen molar-refractivity contribution in [3.8, 4) is 11.3 Å². The summed E-state index contributed by atoms with van der Waals surface area (Å²) in [5, 5.41) is 5.40. The summed E-state index contributed by atoms with van der Waals surface area (Å²) in [5.41, 5.74) is 3.90. The second kappa shape index (κ2) is 7.30. The van der Waals surface area contributed by atoms with Crippen LogP contribution in [-0.2, 0) is 6.54 Å². The van der Waals surface area contributed by atoms with Crippen LogP contribution in [0.25, 0.3) is 16.9 Å². The Morgan fingerprint density at radius 3 is 2.67 bits per heavy atom. The van der Waals surface area contributed by atoms with Crippen LogP contribution in [0.2, 0.25) is 0 Å². The quantitative estimate of drug-likeness (QED) is 0.575. The van der Waals surface area contributed by atoms with Crippen molar-refractivity contribution in [3.05, 3.63) is 71.5 Å². The molecule has 1 N–H and O–H groups in total. The summed E-state index contributed by atoms with van der Waals surface area (Å²) in [6.07, 6.45) is 1.93. The lowest BCUT2D eigenvalue weighted by atomic mass is 10.2. The molecule has 0 unspecified atom stereocenters. The van der Waals surface area contributed by atoms with E-state index in [1.807, 2.05) is 83.5 Å². The fourth-order valence-corrected chi connectivity index (χ4v) is 3.62. The number of carbonyl (C=O) groups is 1. The number of anilines is 1. The number of nitrogens with zero attached hydrogens (tertiary/aromatic N) is 4. The van der Waals surface area contributed by atoms with Crippen LogP contribution >= 0.6 is 11.3 Å². The molecule has 7 heteroatoms. The van der Waals surface area contributed by atoms with Crippen molar-refractivity contribution in [1.82, 2.24) is 19.3 Å². The molecule has 0 fully saturated rings.